The van der Waals surface area contributed by atoms with Gasteiger partial charge in [-0.1, -0.05) is 60.7 Å². The molecule has 0 aliphatic carbocycles. The fourth-order valence-corrected chi connectivity index (χ4v) is 3.38. The third-order valence-corrected chi connectivity index (χ3v) is 4.82. The number of benzene rings is 2. The summed E-state index contributed by atoms with van der Waals surface area (Å²) in [7, 11) is 0. The lowest BCUT2D eigenvalue weighted by Crippen LogP contribution is -2.41. The molecule has 1 aliphatic heterocycles. The second-order valence-electron chi connectivity index (χ2n) is 6.83. The molecule has 138 valence electrons. The number of nitrogens with one attached hydrogen (secondary N) is 2. The first-order chi connectivity index (χ1) is 12.8. The van der Waals surface area contributed by atoms with E-state index < -0.39 is 0 Å². The molecule has 0 radical (unpaired) electrons. The van der Waals surface area contributed by atoms with Crippen molar-refractivity contribution in [3.63, 3.8) is 0 Å². The van der Waals surface area contributed by atoms with Gasteiger partial charge in [0.2, 0.25) is 0 Å². The van der Waals surface area contributed by atoms with Gasteiger partial charge in [-0.15, -0.1) is 0 Å². The molecule has 2 atom stereocenters. The number of ether oxygens (including phenoxy) is 1. The van der Waals surface area contributed by atoms with Crippen LogP contribution in [0.5, 0.6) is 0 Å². The van der Waals surface area contributed by atoms with Crippen LogP contribution >= 0.6 is 0 Å². The summed E-state index contributed by atoms with van der Waals surface area (Å²) in [6.07, 6.45) is 5.22. The molecule has 3 rings (SSSR count). The fourth-order valence-electron chi connectivity index (χ4n) is 3.38. The van der Waals surface area contributed by atoms with Gasteiger partial charge >= 0.3 is 6.03 Å². The van der Waals surface area contributed by atoms with Gasteiger partial charge < -0.3 is 15.4 Å². The van der Waals surface area contributed by atoms with Crippen molar-refractivity contribution in [1.82, 2.24) is 10.6 Å². The van der Waals surface area contributed by atoms with Gasteiger partial charge in [0.1, 0.15) is 0 Å². The topological polar surface area (TPSA) is 50.4 Å². The van der Waals surface area contributed by atoms with Gasteiger partial charge in [0.25, 0.3) is 0 Å². The maximum atomic E-state index is 12.3. The van der Waals surface area contributed by atoms with Crippen molar-refractivity contribution in [1.29, 1.82) is 0 Å². The molecular weight excluding hydrogens is 324 g/mol. The van der Waals surface area contributed by atoms with Crippen LogP contribution in [-0.2, 0) is 11.2 Å². The molecule has 2 aromatic carbocycles. The Balaban J connectivity index is 1.52. The lowest BCUT2D eigenvalue weighted by atomic mass is 9.99. The first kappa shape index (κ1) is 18.5. The fraction of sp³-hybridized carbons (Fsp3) is 0.409. The number of aryl methyl sites for hydroxylation is 1. The Morgan fingerprint density at radius 2 is 1.81 bits per heavy atom. The van der Waals surface area contributed by atoms with Gasteiger partial charge in [0.05, 0.1) is 12.1 Å². The monoisotopic (exact) mass is 352 g/mol. The van der Waals surface area contributed by atoms with Crippen LogP contribution in [0.3, 0.4) is 0 Å². The zero-order valence-electron chi connectivity index (χ0n) is 15.2. The standard InChI is InChI=1S/C22H28N2O2/c25-22(23-17-20-14-8-16-26-20)24-21(19-12-5-2-6-13-19)15-7-11-18-9-3-1-4-10-18/h1-6,9-10,12-13,20-21H,7-8,11,14-17H2,(H2,23,24,25)/t20-,21-/m0/s1. The third kappa shape index (κ3) is 5.88. The largest absolute Gasteiger partial charge is 0.376 e. The van der Waals surface area contributed by atoms with Crippen molar-refractivity contribution in [2.75, 3.05) is 13.2 Å². The van der Waals surface area contributed by atoms with E-state index in [0.29, 0.717) is 6.54 Å². The molecule has 0 unspecified atom stereocenters. The Kier molecular flexibility index (Phi) is 7.08. The number of rotatable bonds is 8. The Labute approximate surface area is 156 Å². The minimum atomic E-state index is -0.117. The molecule has 4 nitrogen and oxygen atoms in total. The molecule has 1 fully saturated rings. The minimum Gasteiger partial charge on any atom is -0.376 e. The molecule has 1 heterocycles. The van der Waals surface area contributed by atoms with Crippen LogP contribution in [0.25, 0.3) is 0 Å². The van der Waals surface area contributed by atoms with E-state index in [0.717, 1.165) is 44.3 Å². The number of hydrogen-bond donors (Lipinski definition) is 2. The van der Waals surface area contributed by atoms with Crippen molar-refractivity contribution in [2.45, 2.75) is 44.2 Å². The Bertz CT molecular complexity index is 654. The van der Waals surface area contributed by atoms with Gasteiger partial charge in [0.15, 0.2) is 0 Å². The van der Waals surface area contributed by atoms with Gasteiger partial charge in [-0.3, -0.25) is 0 Å². The lowest BCUT2D eigenvalue weighted by molar-refractivity contribution is 0.111. The Morgan fingerprint density at radius 3 is 2.50 bits per heavy atom. The number of amides is 2. The highest BCUT2D eigenvalue weighted by Gasteiger charge is 2.18. The molecule has 0 spiro atoms. The predicted octanol–water partition coefficient (Wildman–Crippen LogP) is 4.23. The normalized spacial score (nSPS) is 17.6. The quantitative estimate of drug-likeness (QED) is 0.747. The maximum Gasteiger partial charge on any atom is 0.315 e. The van der Waals surface area contributed by atoms with Crippen molar-refractivity contribution < 1.29 is 9.53 Å². The summed E-state index contributed by atoms with van der Waals surface area (Å²) in [5.74, 6) is 0. The Hall–Kier alpha value is -2.33. The van der Waals surface area contributed by atoms with Crippen LogP contribution in [0, 0.1) is 0 Å². The van der Waals surface area contributed by atoms with Crippen LogP contribution < -0.4 is 10.6 Å². The molecule has 2 aromatic rings. The second-order valence-corrected chi connectivity index (χ2v) is 6.83. The number of carbonyl (C=O) groups is 1. The molecule has 0 bridgehead atoms. The number of carbonyl (C=O) groups excluding carboxylic acids is 1. The van der Waals surface area contributed by atoms with E-state index in [1.165, 1.54) is 5.56 Å². The average Bonchev–Trinajstić information content (AvgIpc) is 3.21. The van der Waals surface area contributed by atoms with E-state index in [2.05, 4.69) is 47.0 Å². The highest BCUT2D eigenvalue weighted by Crippen LogP contribution is 2.20. The van der Waals surface area contributed by atoms with Crippen molar-refractivity contribution in [3.8, 4) is 0 Å². The van der Waals surface area contributed by atoms with Gasteiger partial charge in [-0.2, -0.15) is 0 Å². The summed E-state index contributed by atoms with van der Waals surface area (Å²) in [4.78, 5) is 12.3. The van der Waals surface area contributed by atoms with Gasteiger partial charge in [-0.25, -0.2) is 4.79 Å². The zero-order valence-corrected chi connectivity index (χ0v) is 15.2. The first-order valence-corrected chi connectivity index (χ1v) is 9.56. The van der Waals surface area contributed by atoms with E-state index in [-0.39, 0.29) is 18.2 Å². The minimum absolute atomic E-state index is 0.0180. The third-order valence-electron chi connectivity index (χ3n) is 4.82. The molecule has 4 heteroatoms. The molecule has 1 saturated heterocycles. The van der Waals surface area contributed by atoms with Crippen LogP contribution in [0.2, 0.25) is 0 Å². The van der Waals surface area contributed by atoms with Crippen molar-refractivity contribution in [3.05, 3.63) is 71.8 Å². The summed E-state index contributed by atoms with van der Waals surface area (Å²) >= 11 is 0. The summed E-state index contributed by atoms with van der Waals surface area (Å²) < 4.78 is 5.56. The number of hydrogen-bond acceptors (Lipinski definition) is 2. The SMILES string of the molecule is O=C(NC[C@@H]1CCCO1)N[C@@H](CCCc1ccccc1)c1ccccc1. The Morgan fingerprint density at radius 1 is 1.08 bits per heavy atom. The molecular formula is C22H28N2O2. The smallest absolute Gasteiger partial charge is 0.315 e. The summed E-state index contributed by atoms with van der Waals surface area (Å²) in [5, 5.41) is 6.10. The highest BCUT2D eigenvalue weighted by atomic mass is 16.5. The van der Waals surface area contributed by atoms with Crippen molar-refractivity contribution in [2.24, 2.45) is 0 Å². The summed E-state index contributed by atoms with van der Waals surface area (Å²) in [5.41, 5.74) is 2.48. The molecule has 26 heavy (non-hydrogen) atoms. The first-order valence-electron chi connectivity index (χ1n) is 9.56. The summed E-state index contributed by atoms with van der Waals surface area (Å²) in [6, 6.07) is 20.6. The second kappa shape index (κ2) is 9.97. The number of urea groups is 1. The van der Waals surface area contributed by atoms with E-state index in [4.69, 9.17) is 4.74 Å². The highest BCUT2D eigenvalue weighted by molar-refractivity contribution is 5.74. The van der Waals surface area contributed by atoms with Crippen LogP contribution in [0.15, 0.2) is 60.7 Å². The zero-order chi connectivity index (χ0) is 18.0. The maximum absolute atomic E-state index is 12.3. The van der Waals surface area contributed by atoms with Gasteiger partial charge in [-0.05, 0) is 43.2 Å². The molecule has 0 aromatic heterocycles. The van der Waals surface area contributed by atoms with Crippen LogP contribution in [0.1, 0.15) is 42.9 Å². The van der Waals surface area contributed by atoms with E-state index in [1.807, 2.05) is 24.3 Å². The molecule has 2 N–H and O–H groups in total. The van der Waals surface area contributed by atoms with E-state index in [9.17, 15) is 4.79 Å². The predicted molar refractivity (Wildman–Crippen MR) is 104 cm³/mol. The van der Waals surface area contributed by atoms with Crippen LogP contribution in [0.4, 0.5) is 4.79 Å². The van der Waals surface area contributed by atoms with Crippen molar-refractivity contribution >= 4 is 6.03 Å². The van der Waals surface area contributed by atoms with E-state index in [1.54, 1.807) is 0 Å². The molecule has 2 amide bonds. The molecule has 1 aliphatic rings. The average molecular weight is 352 g/mol. The lowest BCUT2D eigenvalue weighted by Gasteiger charge is -2.20. The summed E-state index contributed by atoms with van der Waals surface area (Å²) in [6.45, 7) is 1.39. The molecule has 0 saturated carbocycles. The van der Waals surface area contributed by atoms with Crippen LogP contribution in [-0.4, -0.2) is 25.3 Å². The van der Waals surface area contributed by atoms with E-state index >= 15 is 0 Å². The van der Waals surface area contributed by atoms with Gasteiger partial charge in [0, 0.05) is 13.2 Å².